The average molecular weight is 286 g/mol. The van der Waals surface area contributed by atoms with Crippen LogP contribution in [-0.4, -0.2) is 45.7 Å². The third kappa shape index (κ3) is 6.16. The van der Waals surface area contributed by atoms with Crippen LogP contribution in [-0.2, 0) is 10.0 Å². The molecule has 0 saturated carbocycles. The van der Waals surface area contributed by atoms with E-state index in [1.54, 1.807) is 25.4 Å². The summed E-state index contributed by atoms with van der Waals surface area (Å²) in [7, 11) is -1.44. The molecular formula is C11H18N4O3S. The lowest BCUT2D eigenvalue weighted by Gasteiger charge is -2.06. The van der Waals surface area contributed by atoms with Gasteiger partial charge in [-0.1, -0.05) is 0 Å². The third-order valence-corrected chi connectivity index (χ3v) is 3.01. The van der Waals surface area contributed by atoms with Crippen molar-refractivity contribution in [3.63, 3.8) is 0 Å². The van der Waals surface area contributed by atoms with E-state index in [4.69, 9.17) is 0 Å². The van der Waals surface area contributed by atoms with Crippen LogP contribution in [0.4, 0.5) is 5.82 Å². The van der Waals surface area contributed by atoms with Gasteiger partial charge in [-0.15, -0.1) is 0 Å². The van der Waals surface area contributed by atoms with Crippen LogP contribution in [0.15, 0.2) is 18.3 Å². The minimum atomic E-state index is -3.17. The highest BCUT2D eigenvalue weighted by Crippen LogP contribution is 2.05. The van der Waals surface area contributed by atoms with E-state index in [0.29, 0.717) is 30.9 Å². The molecule has 0 saturated heterocycles. The molecule has 0 radical (unpaired) electrons. The molecule has 1 heterocycles. The van der Waals surface area contributed by atoms with Crippen molar-refractivity contribution in [3.8, 4) is 0 Å². The van der Waals surface area contributed by atoms with Crippen LogP contribution in [0, 0.1) is 0 Å². The maximum Gasteiger partial charge on any atom is 0.251 e. The summed E-state index contributed by atoms with van der Waals surface area (Å²) >= 11 is 0. The Morgan fingerprint density at radius 1 is 1.37 bits per heavy atom. The van der Waals surface area contributed by atoms with Crippen molar-refractivity contribution in [1.82, 2.24) is 15.0 Å². The van der Waals surface area contributed by atoms with Gasteiger partial charge in [0.25, 0.3) is 5.91 Å². The smallest absolute Gasteiger partial charge is 0.251 e. The Hall–Kier alpha value is -1.67. The summed E-state index contributed by atoms with van der Waals surface area (Å²) < 4.78 is 24.0. The Labute approximate surface area is 112 Å². The average Bonchev–Trinajstić information content (AvgIpc) is 2.37. The number of pyridine rings is 1. The van der Waals surface area contributed by atoms with E-state index >= 15 is 0 Å². The van der Waals surface area contributed by atoms with Crippen molar-refractivity contribution in [1.29, 1.82) is 0 Å². The van der Waals surface area contributed by atoms with Crippen molar-refractivity contribution >= 4 is 21.7 Å². The van der Waals surface area contributed by atoms with Crippen molar-refractivity contribution in [3.05, 3.63) is 23.9 Å². The highest BCUT2D eigenvalue weighted by molar-refractivity contribution is 7.88. The Morgan fingerprint density at radius 2 is 2.11 bits per heavy atom. The monoisotopic (exact) mass is 286 g/mol. The van der Waals surface area contributed by atoms with Gasteiger partial charge in [0.05, 0.1) is 6.26 Å². The molecule has 3 N–H and O–H groups in total. The summed E-state index contributed by atoms with van der Waals surface area (Å²) in [5.41, 5.74) is 0.510. The van der Waals surface area contributed by atoms with Gasteiger partial charge in [0.2, 0.25) is 10.0 Å². The van der Waals surface area contributed by atoms with Gasteiger partial charge in [0.1, 0.15) is 5.82 Å². The predicted molar refractivity (Wildman–Crippen MR) is 73.6 cm³/mol. The number of anilines is 1. The second kappa shape index (κ2) is 7.05. The molecule has 0 fully saturated rings. The molecule has 0 unspecified atom stereocenters. The van der Waals surface area contributed by atoms with E-state index in [-0.39, 0.29) is 5.91 Å². The molecule has 7 nitrogen and oxygen atoms in total. The molecule has 1 amide bonds. The van der Waals surface area contributed by atoms with Crippen LogP contribution in [0.3, 0.4) is 0 Å². The lowest BCUT2D eigenvalue weighted by molar-refractivity contribution is 0.0953. The minimum absolute atomic E-state index is 0.210. The molecule has 0 bridgehead atoms. The van der Waals surface area contributed by atoms with Gasteiger partial charge in [-0.05, 0) is 18.6 Å². The third-order valence-electron chi connectivity index (χ3n) is 2.28. The fourth-order valence-corrected chi connectivity index (χ4v) is 1.87. The first kappa shape index (κ1) is 15.4. The lowest BCUT2D eigenvalue weighted by atomic mass is 10.2. The fraction of sp³-hybridized carbons (Fsp3) is 0.455. The zero-order valence-electron chi connectivity index (χ0n) is 10.9. The van der Waals surface area contributed by atoms with Crippen molar-refractivity contribution < 1.29 is 13.2 Å². The van der Waals surface area contributed by atoms with Gasteiger partial charge < -0.3 is 10.6 Å². The first-order chi connectivity index (χ1) is 8.92. The first-order valence-corrected chi connectivity index (χ1v) is 7.68. The van der Waals surface area contributed by atoms with Crippen molar-refractivity contribution in [2.45, 2.75) is 6.42 Å². The Morgan fingerprint density at radius 3 is 2.74 bits per heavy atom. The highest BCUT2D eigenvalue weighted by atomic mass is 32.2. The normalized spacial score (nSPS) is 11.1. The SMILES string of the molecule is CNc1cc(C(=O)NCCCNS(C)(=O)=O)ccn1. The Kier molecular flexibility index (Phi) is 5.71. The van der Waals surface area contributed by atoms with Gasteiger partial charge in [-0.2, -0.15) is 0 Å². The largest absolute Gasteiger partial charge is 0.373 e. The van der Waals surface area contributed by atoms with E-state index in [2.05, 4.69) is 20.3 Å². The first-order valence-electron chi connectivity index (χ1n) is 5.79. The predicted octanol–water partition coefficient (Wildman–Crippen LogP) is -0.208. The van der Waals surface area contributed by atoms with Crippen LogP contribution < -0.4 is 15.4 Å². The summed E-state index contributed by atoms with van der Waals surface area (Å²) in [6.45, 7) is 0.704. The molecule has 1 aromatic heterocycles. The molecule has 106 valence electrons. The Bertz CT molecular complexity index is 530. The van der Waals surface area contributed by atoms with Crippen LogP contribution in [0.2, 0.25) is 0 Å². The minimum Gasteiger partial charge on any atom is -0.373 e. The number of hydrogen-bond donors (Lipinski definition) is 3. The van der Waals surface area contributed by atoms with Gasteiger partial charge in [-0.25, -0.2) is 18.1 Å². The maximum absolute atomic E-state index is 11.8. The number of nitrogens with one attached hydrogen (secondary N) is 3. The number of rotatable bonds is 7. The lowest BCUT2D eigenvalue weighted by Crippen LogP contribution is -2.29. The summed E-state index contributed by atoms with van der Waals surface area (Å²) in [6.07, 6.45) is 3.18. The zero-order chi connectivity index (χ0) is 14.3. The standard InChI is InChI=1S/C11H18N4O3S/c1-12-10-8-9(4-7-13-10)11(16)14-5-3-6-15-19(2,17)18/h4,7-8,15H,3,5-6H2,1-2H3,(H,12,13)(H,14,16). The fourth-order valence-electron chi connectivity index (χ4n) is 1.36. The molecule has 1 rings (SSSR count). The van der Waals surface area contributed by atoms with Crippen LogP contribution in [0.1, 0.15) is 16.8 Å². The topological polar surface area (TPSA) is 100 Å². The van der Waals surface area contributed by atoms with E-state index in [9.17, 15) is 13.2 Å². The number of sulfonamides is 1. The van der Waals surface area contributed by atoms with Crippen LogP contribution in [0.25, 0.3) is 0 Å². The Balaban J connectivity index is 2.35. The second-order valence-electron chi connectivity index (χ2n) is 3.96. The quantitative estimate of drug-likeness (QED) is 0.602. The molecular weight excluding hydrogens is 268 g/mol. The molecule has 0 aliphatic heterocycles. The summed E-state index contributed by atoms with van der Waals surface area (Å²) in [5, 5.41) is 5.55. The van der Waals surface area contributed by atoms with Crippen molar-refractivity contribution in [2.75, 3.05) is 31.7 Å². The summed E-state index contributed by atoms with van der Waals surface area (Å²) in [6, 6.07) is 3.26. The molecule has 0 spiro atoms. The van der Waals surface area contributed by atoms with Crippen molar-refractivity contribution in [2.24, 2.45) is 0 Å². The summed E-state index contributed by atoms with van der Waals surface area (Å²) in [4.78, 5) is 15.8. The van der Waals surface area contributed by atoms with E-state index in [1.165, 1.54) is 0 Å². The van der Waals surface area contributed by atoms with E-state index in [1.807, 2.05) is 0 Å². The molecule has 19 heavy (non-hydrogen) atoms. The van der Waals surface area contributed by atoms with Crippen LogP contribution >= 0.6 is 0 Å². The van der Waals surface area contributed by atoms with Gasteiger partial charge in [0.15, 0.2) is 0 Å². The molecule has 1 aromatic rings. The van der Waals surface area contributed by atoms with E-state index in [0.717, 1.165) is 6.26 Å². The zero-order valence-corrected chi connectivity index (χ0v) is 11.8. The molecule has 0 atom stereocenters. The summed E-state index contributed by atoms with van der Waals surface area (Å²) in [5.74, 6) is 0.407. The number of hydrogen-bond acceptors (Lipinski definition) is 5. The number of carbonyl (C=O) groups is 1. The molecule has 0 aliphatic carbocycles. The van der Waals surface area contributed by atoms with Gasteiger partial charge in [-0.3, -0.25) is 4.79 Å². The number of nitrogens with zero attached hydrogens (tertiary/aromatic N) is 1. The molecule has 0 aliphatic rings. The van der Waals surface area contributed by atoms with Gasteiger partial charge in [0, 0.05) is 31.9 Å². The van der Waals surface area contributed by atoms with Gasteiger partial charge >= 0.3 is 0 Å². The molecule has 0 aromatic carbocycles. The number of amides is 1. The second-order valence-corrected chi connectivity index (χ2v) is 5.79. The number of carbonyl (C=O) groups excluding carboxylic acids is 1. The highest BCUT2D eigenvalue weighted by Gasteiger charge is 2.06. The number of aromatic nitrogens is 1. The van der Waals surface area contributed by atoms with Crippen LogP contribution in [0.5, 0.6) is 0 Å². The van der Waals surface area contributed by atoms with E-state index < -0.39 is 10.0 Å². The maximum atomic E-state index is 11.8. The molecule has 8 heteroatoms.